The van der Waals surface area contributed by atoms with Crippen molar-refractivity contribution in [3.63, 3.8) is 0 Å². The summed E-state index contributed by atoms with van der Waals surface area (Å²) in [5, 5.41) is 12.4. The van der Waals surface area contributed by atoms with Crippen LogP contribution in [-0.4, -0.2) is 21.6 Å². The second-order valence-corrected chi connectivity index (χ2v) is 4.61. The summed E-state index contributed by atoms with van der Waals surface area (Å²) in [6, 6.07) is 6.92. The molecule has 0 aliphatic carbocycles. The van der Waals surface area contributed by atoms with Gasteiger partial charge in [0.1, 0.15) is 11.6 Å². The quantitative estimate of drug-likeness (QED) is 0.866. The van der Waals surface area contributed by atoms with Crippen molar-refractivity contribution in [2.75, 3.05) is 11.9 Å². The molecule has 2 N–H and O–H groups in total. The van der Waals surface area contributed by atoms with Gasteiger partial charge in [-0.25, -0.2) is 4.98 Å². The molecule has 0 saturated heterocycles. The highest BCUT2D eigenvalue weighted by Crippen LogP contribution is 2.19. The van der Waals surface area contributed by atoms with Crippen molar-refractivity contribution < 1.29 is 5.11 Å². The van der Waals surface area contributed by atoms with Crippen LogP contribution in [-0.2, 0) is 0 Å². The molecule has 0 aliphatic rings. The minimum absolute atomic E-state index is 0.252. The van der Waals surface area contributed by atoms with E-state index in [0.29, 0.717) is 5.92 Å². The number of hydrogen-bond donors (Lipinski definition) is 2. The van der Waals surface area contributed by atoms with Gasteiger partial charge in [0.05, 0.1) is 18.1 Å². The number of phenols is 1. The maximum atomic E-state index is 9.22. The maximum absolute atomic E-state index is 9.22. The van der Waals surface area contributed by atoms with Crippen LogP contribution >= 0.6 is 0 Å². The smallest absolute Gasteiger partial charge is 0.144 e. The molecule has 2 aromatic rings. The molecule has 0 amide bonds. The predicted molar refractivity (Wildman–Crippen MR) is 72.5 cm³/mol. The second-order valence-electron chi connectivity index (χ2n) is 4.61. The SMILES string of the molecule is CC(C)CNc1cnc(-c2ccc(O)cc2)cn1. The van der Waals surface area contributed by atoms with E-state index in [1.807, 2.05) is 12.1 Å². The van der Waals surface area contributed by atoms with E-state index in [4.69, 9.17) is 0 Å². The average molecular weight is 243 g/mol. The van der Waals surface area contributed by atoms with Crippen molar-refractivity contribution in [3.8, 4) is 17.0 Å². The molecule has 0 unspecified atom stereocenters. The summed E-state index contributed by atoms with van der Waals surface area (Å²) in [7, 11) is 0. The van der Waals surface area contributed by atoms with Gasteiger partial charge in [-0.15, -0.1) is 0 Å². The van der Waals surface area contributed by atoms with Gasteiger partial charge >= 0.3 is 0 Å². The van der Waals surface area contributed by atoms with Gasteiger partial charge in [0.25, 0.3) is 0 Å². The van der Waals surface area contributed by atoms with Crippen LogP contribution < -0.4 is 5.32 Å². The van der Waals surface area contributed by atoms with Gasteiger partial charge in [0.2, 0.25) is 0 Å². The number of benzene rings is 1. The maximum Gasteiger partial charge on any atom is 0.144 e. The van der Waals surface area contributed by atoms with Gasteiger partial charge in [-0.1, -0.05) is 13.8 Å². The number of nitrogens with zero attached hydrogens (tertiary/aromatic N) is 2. The molecule has 18 heavy (non-hydrogen) atoms. The lowest BCUT2D eigenvalue weighted by Gasteiger charge is -2.08. The van der Waals surface area contributed by atoms with E-state index in [9.17, 15) is 5.11 Å². The Morgan fingerprint density at radius 3 is 2.39 bits per heavy atom. The Balaban J connectivity index is 2.09. The highest BCUT2D eigenvalue weighted by molar-refractivity contribution is 5.59. The van der Waals surface area contributed by atoms with Gasteiger partial charge < -0.3 is 10.4 Å². The molecule has 1 aromatic carbocycles. The summed E-state index contributed by atoms with van der Waals surface area (Å²) in [5.74, 6) is 1.61. The van der Waals surface area contributed by atoms with Crippen LogP contribution in [0.1, 0.15) is 13.8 Å². The van der Waals surface area contributed by atoms with E-state index in [2.05, 4.69) is 29.1 Å². The number of aromatic nitrogens is 2. The number of aromatic hydroxyl groups is 1. The van der Waals surface area contributed by atoms with Crippen molar-refractivity contribution in [2.24, 2.45) is 5.92 Å². The highest BCUT2D eigenvalue weighted by atomic mass is 16.3. The Kier molecular flexibility index (Phi) is 3.77. The van der Waals surface area contributed by atoms with Crippen LogP contribution in [0.25, 0.3) is 11.3 Å². The molecule has 4 heteroatoms. The lowest BCUT2D eigenvalue weighted by Crippen LogP contribution is -2.09. The first kappa shape index (κ1) is 12.4. The highest BCUT2D eigenvalue weighted by Gasteiger charge is 2.01. The summed E-state index contributed by atoms with van der Waals surface area (Å²) in [4.78, 5) is 8.66. The van der Waals surface area contributed by atoms with Gasteiger partial charge in [-0.05, 0) is 30.2 Å². The van der Waals surface area contributed by atoms with Gasteiger partial charge in [0, 0.05) is 12.1 Å². The number of rotatable bonds is 4. The molecule has 1 aromatic heterocycles. The van der Waals surface area contributed by atoms with Crippen molar-refractivity contribution in [1.82, 2.24) is 9.97 Å². The molecule has 4 nitrogen and oxygen atoms in total. The fraction of sp³-hybridized carbons (Fsp3) is 0.286. The number of phenolic OH excluding ortho intramolecular Hbond substituents is 1. The van der Waals surface area contributed by atoms with E-state index >= 15 is 0 Å². The van der Waals surface area contributed by atoms with Crippen molar-refractivity contribution >= 4 is 5.82 Å². The number of nitrogens with one attached hydrogen (secondary N) is 1. The molecular weight excluding hydrogens is 226 g/mol. The van der Waals surface area contributed by atoms with Crippen LogP contribution in [0, 0.1) is 5.92 Å². The summed E-state index contributed by atoms with van der Waals surface area (Å²) in [6.45, 7) is 5.17. The standard InChI is InChI=1S/C14H17N3O/c1-10(2)7-16-14-9-15-13(8-17-14)11-3-5-12(18)6-4-11/h3-6,8-10,18H,7H2,1-2H3,(H,16,17). The monoisotopic (exact) mass is 243 g/mol. The van der Waals surface area contributed by atoms with E-state index in [1.54, 1.807) is 24.5 Å². The fourth-order valence-corrected chi connectivity index (χ4v) is 1.51. The summed E-state index contributed by atoms with van der Waals surface area (Å²) in [5.41, 5.74) is 1.74. The van der Waals surface area contributed by atoms with E-state index < -0.39 is 0 Å². The Morgan fingerprint density at radius 1 is 1.11 bits per heavy atom. The number of hydrogen-bond acceptors (Lipinski definition) is 4. The van der Waals surface area contributed by atoms with Crippen LogP contribution in [0.2, 0.25) is 0 Å². The van der Waals surface area contributed by atoms with Crippen LogP contribution in [0.4, 0.5) is 5.82 Å². The van der Waals surface area contributed by atoms with Crippen LogP contribution in [0.15, 0.2) is 36.7 Å². The van der Waals surface area contributed by atoms with Gasteiger partial charge in [-0.2, -0.15) is 0 Å². The van der Waals surface area contributed by atoms with Gasteiger partial charge in [0.15, 0.2) is 0 Å². The first-order valence-electron chi connectivity index (χ1n) is 6.00. The van der Waals surface area contributed by atoms with E-state index in [0.717, 1.165) is 23.6 Å². The van der Waals surface area contributed by atoms with Crippen molar-refractivity contribution in [2.45, 2.75) is 13.8 Å². The first-order valence-corrected chi connectivity index (χ1v) is 6.00. The fourth-order valence-electron chi connectivity index (χ4n) is 1.51. The molecule has 94 valence electrons. The molecule has 2 rings (SSSR count). The zero-order chi connectivity index (χ0) is 13.0. The zero-order valence-corrected chi connectivity index (χ0v) is 10.6. The predicted octanol–water partition coefficient (Wildman–Crippen LogP) is 2.92. The molecule has 0 saturated carbocycles. The second kappa shape index (κ2) is 5.49. The summed E-state index contributed by atoms with van der Waals surface area (Å²) < 4.78 is 0. The molecule has 0 radical (unpaired) electrons. The molecule has 0 atom stereocenters. The minimum Gasteiger partial charge on any atom is -0.508 e. The molecule has 1 heterocycles. The van der Waals surface area contributed by atoms with Crippen molar-refractivity contribution in [3.05, 3.63) is 36.7 Å². The minimum atomic E-state index is 0.252. The third-order valence-electron chi connectivity index (χ3n) is 2.51. The van der Waals surface area contributed by atoms with Crippen LogP contribution in [0.5, 0.6) is 5.75 Å². The summed E-state index contributed by atoms with van der Waals surface area (Å²) in [6.07, 6.45) is 3.46. The topological polar surface area (TPSA) is 58.0 Å². The Hall–Kier alpha value is -2.10. The first-order chi connectivity index (χ1) is 8.65. The zero-order valence-electron chi connectivity index (χ0n) is 10.6. The summed E-state index contributed by atoms with van der Waals surface area (Å²) >= 11 is 0. The molecular formula is C14H17N3O. The largest absolute Gasteiger partial charge is 0.508 e. The van der Waals surface area contributed by atoms with E-state index in [-0.39, 0.29) is 5.75 Å². The molecule has 0 fully saturated rings. The van der Waals surface area contributed by atoms with Crippen molar-refractivity contribution in [1.29, 1.82) is 0 Å². The third kappa shape index (κ3) is 3.20. The lowest BCUT2D eigenvalue weighted by molar-refractivity contribution is 0.475. The molecule has 0 bridgehead atoms. The molecule has 0 spiro atoms. The Morgan fingerprint density at radius 2 is 1.83 bits per heavy atom. The Bertz CT molecular complexity index is 491. The van der Waals surface area contributed by atoms with Crippen LogP contribution in [0.3, 0.4) is 0 Å². The third-order valence-corrected chi connectivity index (χ3v) is 2.51. The Labute approximate surface area is 107 Å². The normalized spacial score (nSPS) is 10.6. The van der Waals surface area contributed by atoms with Gasteiger partial charge in [-0.3, -0.25) is 4.98 Å². The lowest BCUT2D eigenvalue weighted by atomic mass is 10.1. The number of anilines is 1. The average Bonchev–Trinajstić information content (AvgIpc) is 2.38. The molecule has 0 aliphatic heterocycles. The van der Waals surface area contributed by atoms with E-state index in [1.165, 1.54) is 0 Å².